The highest BCUT2D eigenvalue weighted by molar-refractivity contribution is 7.89. The van der Waals surface area contributed by atoms with Crippen LogP contribution in [-0.2, 0) is 27.8 Å². The van der Waals surface area contributed by atoms with E-state index in [0.717, 1.165) is 18.4 Å². The van der Waals surface area contributed by atoms with Gasteiger partial charge in [0.05, 0.1) is 11.8 Å². The molecule has 0 unspecified atom stereocenters. The first kappa shape index (κ1) is 22.0. The van der Waals surface area contributed by atoms with Gasteiger partial charge in [-0.15, -0.1) is 0 Å². The minimum Gasteiger partial charge on any atom is -0.331 e. The molecule has 5 nitrogen and oxygen atoms in total. The second-order valence-corrected chi connectivity index (χ2v) is 11.0. The molecule has 2 aliphatic rings. The monoisotopic (exact) mass is 440 g/mol. The van der Waals surface area contributed by atoms with E-state index in [0.29, 0.717) is 32.5 Å². The lowest BCUT2D eigenvalue weighted by Crippen LogP contribution is -2.45. The van der Waals surface area contributed by atoms with Crippen molar-refractivity contribution in [2.24, 2.45) is 5.92 Å². The van der Waals surface area contributed by atoms with Crippen LogP contribution in [0.2, 0.25) is 0 Å². The fraction of sp³-hybridized carbons (Fsp3) is 0.480. The topological polar surface area (TPSA) is 57.7 Å². The zero-order chi connectivity index (χ0) is 22.0. The number of hydrogen-bond acceptors (Lipinski definition) is 3. The zero-order valence-electron chi connectivity index (χ0n) is 18.5. The molecule has 1 aliphatic heterocycles. The van der Waals surface area contributed by atoms with E-state index in [1.165, 1.54) is 16.7 Å². The van der Waals surface area contributed by atoms with E-state index in [1.807, 2.05) is 0 Å². The molecular weight excluding hydrogens is 408 g/mol. The van der Waals surface area contributed by atoms with Crippen molar-refractivity contribution in [2.45, 2.75) is 52.1 Å². The maximum Gasteiger partial charge on any atom is 0.226 e. The Labute approximate surface area is 186 Å². The molecule has 2 aromatic carbocycles. The Balaban J connectivity index is 1.56. The number of carbonyl (C=O) groups is 1. The van der Waals surface area contributed by atoms with Crippen LogP contribution in [0.1, 0.15) is 54.5 Å². The van der Waals surface area contributed by atoms with Gasteiger partial charge in [0.25, 0.3) is 0 Å². The highest BCUT2D eigenvalue weighted by Gasteiger charge is 2.37. The fourth-order valence-electron chi connectivity index (χ4n) is 4.89. The first-order valence-corrected chi connectivity index (χ1v) is 12.9. The van der Waals surface area contributed by atoms with Crippen LogP contribution in [-0.4, -0.2) is 42.4 Å². The van der Waals surface area contributed by atoms with Crippen LogP contribution in [0.4, 0.5) is 0 Å². The van der Waals surface area contributed by atoms with Crippen molar-refractivity contribution in [3.8, 4) is 0 Å². The van der Waals surface area contributed by atoms with Crippen LogP contribution in [0.5, 0.6) is 0 Å². The lowest BCUT2D eigenvalue weighted by atomic mass is 9.94. The Bertz CT molecular complexity index is 1020. The Morgan fingerprint density at radius 3 is 2.39 bits per heavy atom. The quantitative estimate of drug-likeness (QED) is 0.680. The van der Waals surface area contributed by atoms with Crippen LogP contribution < -0.4 is 0 Å². The molecule has 4 rings (SSSR count). The minimum atomic E-state index is -3.19. The summed E-state index contributed by atoms with van der Waals surface area (Å²) >= 11 is 0. The van der Waals surface area contributed by atoms with E-state index >= 15 is 0 Å². The molecule has 1 amide bonds. The molecule has 0 spiro atoms. The number of rotatable bonds is 6. The molecule has 0 radical (unpaired) electrons. The molecule has 0 saturated carbocycles. The summed E-state index contributed by atoms with van der Waals surface area (Å²) in [7, 11) is -3.19. The van der Waals surface area contributed by atoms with Gasteiger partial charge in [-0.1, -0.05) is 54.1 Å². The van der Waals surface area contributed by atoms with Gasteiger partial charge in [-0.3, -0.25) is 4.79 Å². The molecule has 6 heteroatoms. The molecule has 0 bridgehead atoms. The summed E-state index contributed by atoms with van der Waals surface area (Å²) in [5.74, 6) is 0.154. The smallest absolute Gasteiger partial charge is 0.226 e. The SMILES string of the molecule is CCS(=O)(=O)N1CCC(C(=O)N(Cc2ccc(C)cc2)[C@@H]2CCc3ccccc32)CC1. The molecule has 31 heavy (non-hydrogen) atoms. The standard InChI is InChI=1S/C25H32N2O3S/c1-3-31(29,30)26-16-14-22(15-17-26)25(28)27(18-20-10-8-19(2)9-11-20)24-13-12-21-6-4-5-7-23(21)24/h4-11,22,24H,3,12-18H2,1-2H3/t24-/m1/s1. The summed E-state index contributed by atoms with van der Waals surface area (Å²) in [5, 5.41) is 0. The lowest BCUT2D eigenvalue weighted by molar-refractivity contribution is -0.140. The van der Waals surface area contributed by atoms with Gasteiger partial charge in [0, 0.05) is 25.6 Å². The highest BCUT2D eigenvalue weighted by Crippen LogP contribution is 2.38. The van der Waals surface area contributed by atoms with Crippen molar-refractivity contribution in [3.63, 3.8) is 0 Å². The van der Waals surface area contributed by atoms with Crippen molar-refractivity contribution < 1.29 is 13.2 Å². The van der Waals surface area contributed by atoms with Gasteiger partial charge < -0.3 is 4.90 Å². The molecule has 166 valence electrons. The molecule has 1 saturated heterocycles. The van der Waals surface area contributed by atoms with E-state index in [1.54, 1.807) is 11.2 Å². The largest absolute Gasteiger partial charge is 0.331 e. The number of piperidine rings is 1. The third-order valence-electron chi connectivity index (χ3n) is 6.80. The van der Waals surface area contributed by atoms with Crippen LogP contribution >= 0.6 is 0 Å². The van der Waals surface area contributed by atoms with E-state index in [9.17, 15) is 13.2 Å². The molecule has 0 N–H and O–H groups in total. The second-order valence-electron chi connectivity index (χ2n) is 8.78. The second kappa shape index (κ2) is 9.13. The average molecular weight is 441 g/mol. The summed E-state index contributed by atoms with van der Waals surface area (Å²) in [6, 6.07) is 16.9. The van der Waals surface area contributed by atoms with Gasteiger partial charge in [-0.05, 0) is 56.2 Å². The molecule has 1 atom stereocenters. The van der Waals surface area contributed by atoms with Gasteiger partial charge in [0.1, 0.15) is 0 Å². The van der Waals surface area contributed by atoms with Gasteiger partial charge in [-0.2, -0.15) is 0 Å². The highest BCUT2D eigenvalue weighted by atomic mass is 32.2. The van der Waals surface area contributed by atoms with Gasteiger partial charge in [0.15, 0.2) is 0 Å². The molecular formula is C25H32N2O3S. The molecule has 1 heterocycles. The van der Waals surface area contributed by atoms with Crippen molar-refractivity contribution in [1.82, 2.24) is 9.21 Å². The van der Waals surface area contributed by atoms with E-state index < -0.39 is 10.0 Å². The zero-order valence-corrected chi connectivity index (χ0v) is 19.3. The third kappa shape index (κ3) is 4.70. The minimum absolute atomic E-state index is 0.0856. The number of hydrogen-bond donors (Lipinski definition) is 0. The molecule has 1 fully saturated rings. The average Bonchev–Trinajstić information content (AvgIpc) is 3.22. The van der Waals surface area contributed by atoms with Gasteiger partial charge in [-0.25, -0.2) is 12.7 Å². The Hall–Kier alpha value is -2.18. The molecule has 0 aromatic heterocycles. The van der Waals surface area contributed by atoms with Crippen molar-refractivity contribution in [2.75, 3.05) is 18.8 Å². The number of aryl methyl sites for hydroxylation is 2. The Kier molecular flexibility index (Phi) is 6.49. The Morgan fingerprint density at radius 1 is 1.03 bits per heavy atom. The number of carbonyl (C=O) groups excluding carboxylic acids is 1. The maximum absolute atomic E-state index is 13.8. The van der Waals surface area contributed by atoms with Crippen LogP contribution in [0.25, 0.3) is 0 Å². The number of amides is 1. The predicted octanol–water partition coefficient (Wildman–Crippen LogP) is 4.07. The normalized spacial score (nSPS) is 19.9. The maximum atomic E-state index is 13.8. The van der Waals surface area contributed by atoms with E-state index in [4.69, 9.17) is 0 Å². The molecule has 2 aromatic rings. The first-order valence-electron chi connectivity index (χ1n) is 11.3. The van der Waals surface area contributed by atoms with Crippen molar-refractivity contribution >= 4 is 15.9 Å². The third-order valence-corrected chi connectivity index (χ3v) is 8.68. The van der Waals surface area contributed by atoms with E-state index in [-0.39, 0.29) is 23.6 Å². The van der Waals surface area contributed by atoms with Crippen LogP contribution in [0.3, 0.4) is 0 Å². The predicted molar refractivity (Wildman–Crippen MR) is 123 cm³/mol. The summed E-state index contributed by atoms with van der Waals surface area (Å²) in [6.45, 7) is 5.20. The summed E-state index contributed by atoms with van der Waals surface area (Å²) in [4.78, 5) is 15.8. The summed E-state index contributed by atoms with van der Waals surface area (Å²) in [5.41, 5.74) is 4.93. The summed E-state index contributed by atoms with van der Waals surface area (Å²) < 4.78 is 26.0. The lowest BCUT2D eigenvalue weighted by Gasteiger charge is -2.36. The van der Waals surface area contributed by atoms with Gasteiger partial charge >= 0.3 is 0 Å². The number of sulfonamides is 1. The number of fused-ring (bicyclic) bond motifs is 1. The van der Waals surface area contributed by atoms with Crippen molar-refractivity contribution in [1.29, 1.82) is 0 Å². The summed E-state index contributed by atoms with van der Waals surface area (Å²) in [6.07, 6.45) is 3.12. The Morgan fingerprint density at radius 2 is 1.71 bits per heavy atom. The van der Waals surface area contributed by atoms with E-state index in [2.05, 4.69) is 60.4 Å². The number of nitrogens with zero attached hydrogens (tertiary/aromatic N) is 2. The van der Waals surface area contributed by atoms with Crippen LogP contribution in [0.15, 0.2) is 48.5 Å². The molecule has 1 aliphatic carbocycles. The fourth-order valence-corrected chi connectivity index (χ4v) is 6.02. The first-order chi connectivity index (χ1) is 14.9. The van der Waals surface area contributed by atoms with Gasteiger partial charge in [0.2, 0.25) is 15.9 Å². The van der Waals surface area contributed by atoms with Crippen LogP contribution in [0, 0.1) is 12.8 Å². The van der Waals surface area contributed by atoms with Crippen molar-refractivity contribution in [3.05, 3.63) is 70.8 Å². The number of benzene rings is 2.